The van der Waals surface area contributed by atoms with Crippen molar-refractivity contribution in [1.29, 1.82) is 0 Å². The van der Waals surface area contributed by atoms with Crippen LogP contribution in [0.1, 0.15) is 10.8 Å². The average molecular weight is 468 g/mol. The van der Waals surface area contributed by atoms with Crippen molar-refractivity contribution < 1.29 is 4.79 Å². The predicted octanol–water partition coefficient (Wildman–Crippen LogP) is 6.62. The summed E-state index contributed by atoms with van der Waals surface area (Å²) in [5.41, 5.74) is 0.851. The zero-order valence-electron chi connectivity index (χ0n) is 13.3. The number of amides is 1. The predicted molar refractivity (Wildman–Crippen MR) is 112 cm³/mol. The molecule has 1 unspecified atom stereocenters. The van der Waals surface area contributed by atoms with Gasteiger partial charge in [0.1, 0.15) is 11.1 Å². The van der Waals surface area contributed by atoms with E-state index in [9.17, 15) is 4.79 Å². The summed E-state index contributed by atoms with van der Waals surface area (Å²) in [6.07, 6.45) is 1.64. The Bertz CT molecular complexity index is 887. The Morgan fingerprint density at radius 1 is 0.962 bits per heavy atom. The monoisotopic (exact) mass is 466 g/mol. The van der Waals surface area contributed by atoms with Gasteiger partial charge >= 0.3 is 0 Å². The lowest BCUT2D eigenvalue weighted by atomic mass is 10.1. The number of hydrogen-bond donors (Lipinski definition) is 1. The van der Waals surface area contributed by atoms with Gasteiger partial charge < -0.3 is 5.32 Å². The van der Waals surface area contributed by atoms with Crippen LogP contribution in [0.25, 0.3) is 0 Å². The molecule has 0 aliphatic heterocycles. The second-order valence-electron chi connectivity index (χ2n) is 5.35. The third-order valence-corrected chi connectivity index (χ3v) is 5.70. The zero-order valence-corrected chi connectivity index (χ0v) is 17.2. The van der Waals surface area contributed by atoms with E-state index in [0.717, 1.165) is 14.9 Å². The summed E-state index contributed by atoms with van der Waals surface area (Å²) in [5.74, 6) is 0.330. The molecular formula is C19H13BrCl2N2OS. The molecule has 0 spiro atoms. The lowest BCUT2D eigenvalue weighted by Gasteiger charge is -2.17. The molecule has 0 fully saturated rings. The number of nitrogens with zero attached hydrogens (tertiary/aromatic N) is 1. The van der Waals surface area contributed by atoms with E-state index in [0.29, 0.717) is 15.9 Å². The van der Waals surface area contributed by atoms with Crippen LogP contribution in [-0.2, 0) is 4.79 Å². The van der Waals surface area contributed by atoms with E-state index in [1.807, 2.05) is 30.3 Å². The minimum absolute atomic E-state index is 0.165. The van der Waals surface area contributed by atoms with Gasteiger partial charge in [0.15, 0.2) is 0 Å². The fourth-order valence-electron chi connectivity index (χ4n) is 2.20. The Labute approximate surface area is 174 Å². The molecule has 3 rings (SSSR count). The first kappa shape index (κ1) is 19.2. The first-order valence-electron chi connectivity index (χ1n) is 7.61. The summed E-state index contributed by atoms with van der Waals surface area (Å²) in [4.78, 5) is 18.1. The number of carbonyl (C=O) groups excluding carboxylic acids is 1. The van der Waals surface area contributed by atoms with E-state index < -0.39 is 5.25 Å². The van der Waals surface area contributed by atoms with Crippen LogP contribution < -0.4 is 5.32 Å². The SMILES string of the molecule is O=C(Nc1ccc(Br)cn1)C(Sc1ccc(Cl)cc1)c1ccc(Cl)cc1. The molecular weight excluding hydrogens is 455 g/mol. The highest BCUT2D eigenvalue weighted by molar-refractivity contribution is 9.10. The van der Waals surface area contributed by atoms with Gasteiger partial charge in [0.2, 0.25) is 5.91 Å². The van der Waals surface area contributed by atoms with Crippen molar-refractivity contribution in [3.63, 3.8) is 0 Å². The molecule has 7 heteroatoms. The first-order valence-corrected chi connectivity index (χ1v) is 10.0. The fraction of sp³-hybridized carbons (Fsp3) is 0.0526. The zero-order chi connectivity index (χ0) is 18.5. The van der Waals surface area contributed by atoms with E-state index in [-0.39, 0.29) is 5.91 Å². The third kappa shape index (κ3) is 5.24. The lowest BCUT2D eigenvalue weighted by molar-refractivity contribution is -0.115. The second kappa shape index (κ2) is 8.91. The fourth-order valence-corrected chi connectivity index (χ4v) is 3.71. The van der Waals surface area contributed by atoms with Crippen molar-refractivity contribution in [1.82, 2.24) is 4.98 Å². The number of halogens is 3. The largest absolute Gasteiger partial charge is 0.309 e. The number of pyridine rings is 1. The molecule has 132 valence electrons. The molecule has 0 saturated heterocycles. The van der Waals surface area contributed by atoms with Crippen LogP contribution in [0.15, 0.2) is 76.2 Å². The van der Waals surface area contributed by atoms with Crippen molar-refractivity contribution in [3.05, 3.63) is 86.9 Å². The molecule has 1 atom stereocenters. The van der Waals surface area contributed by atoms with Crippen molar-refractivity contribution in [2.75, 3.05) is 5.32 Å². The number of anilines is 1. The van der Waals surface area contributed by atoms with Gasteiger partial charge in [-0.1, -0.05) is 35.3 Å². The van der Waals surface area contributed by atoms with Crippen LogP contribution in [0, 0.1) is 0 Å². The topological polar surface area (TPSA) is 42.0 Å². The summed E-state index contributed by atoms with van der Waals surface area (Å²) in [6.45, 7) is 0. The Balaban J connectivity index is 1.85. The highest BCUT2D eigenvalue weighted by Crippen LogP contribution is 2.37. The first-order chi connectivity index (χ1) is 12.5. The van der Waals surface area contributed by atoms with Crippen LogP contribution in [0.5, 0.6) is 0 Å². The van der Waals surface area contributed by atoms with Crippen molar-refractivity contribution in [2.24, 2.45) is 0 Å². The number of carbonyl (C=O) groups is 1. The number of benzene rings is 2. The van der Waals surface area contributed by atoms with Crippen LogP contribution in [0.4, 0.5) is 5.82 Å². The minimum atomic E-state index is -0.459. The van der Waals surface area contributed by atoms with Gasteiger partial charge in [-0.15, -0.1) is 11.8 Å². The van der Waals surface area contributed by atoms with Crippen molar-refractivity contribution >= 4 is 62.6 Å². The Morgan fingerprint density at radius 3 is 2.15 bits per heavy atom. The van der Waals surface area contributed by atoms with Gasteiger partial charge in [-0.3, -0.25) is 4.79 Å². The lowest BCUT2D eigenvalue weighted by Crippen LogP contribution is -2.19. The van der Waals surface area contributed by atoms with Gasteiger partial charge in [-0.2, -0.15) is 0 Å². The molecule has 1 N–H and O–H groups in total. The molecule has 1 amide bonds. The molecule has 2 aromatic carbocycles. The van der Waals surface area contributed by atoms with Gasteiger partial charge in [0.25, 0.3) is 0 Å². The number of aromatic nitrogens is 1. The minimum Gasteiger partial charge on any atom is -0.309 e. The molecule has 0 aliphatic carbocycles. The molecule has 0 aliphatic rings. The Morgan fingerprint density at radius 2 is 1.58 bits per heavy atom. The summed E-state index contributed by atoms with van der Waals surface area (Å²) in [5, 5.41) is 3.68. The van der Waals surface area contributed by atoms with E-state index in [1.54, 1.807) is 36.5 Å². The average Bonchev–Trinajstić information content (AvgIpc) is 2.64. The summed E-state index contributed by atoms with van der Waals surface area (Å²) < 4.78 is 0.847. The smallest absolute Gasteiger partial charge is 0.243 e. The van der Waals surface area contributed by atoms with Crippen molar-refractivity contribution in [3.8, 4) is 0 Å². The van der Waals surface area contributed by atoms with Gasteiger partial charge in [0, 0.05) is 25.6 Å². The Kier molecular flexibility index (Phi) is 6.59. The highest BCUT2D eigenvalue weighted by atomic mass is 79.9. The highest BCUT2D eigenvalue weighted by Gasteiger charge is 2.22. The third-order valence-electron chi connectivity index (χ3n) is 3.46. The number of thioether (sulfide) groups is 1. The maximum Gasteiger partial charge on any atom is 0.243 e. The summed E-state index contributed by atoms with van der Waals surface area (Å²) >= 11 is 16.7. The summed E-state index contributed by atoms with van der Waals surface area (Å²) in [7, 11) is 0. The maximum absolute atomic E-state index is 12.9. The standard InChI is InChI=1S/C19H13BrCl2N2OS/c20-13-3-10-17(23-11-13)24-19(25)18(12-1-4-14(21)5-2-12)26-16-8-6-15(22)7-9-16/h1-11,18H,(H,23,24,25). The molecule has 26 heavy (non-hydrogen) atoms. The number of hydrogen-bond acceptors (Lipinski definition) is 3. The molecule has 1 heterocycles. The molecule has 1 aromatic heterocycles. The van der Waals surface area contributed by atoms with Gasteiger partial charge in [0.05, 0.1) is 0 Å². The summed E-state index contributed by atoms with van der Waals surface area (Å²) in [6, 6.07) is 18.2. The van der Waals surface area contributed by atoms with E-state index in [1.165, 1.54) is 11.8 Å². The molecule has 0 saturated carbocycles. The molecule has 0 radical (unpaired) electrons. The van der Waals surface area contributed by atoms with E-state index in [4.69, 9.17) is 23.2 Å². The van der Waals surface area contributed by atoms with Crippen LogP contribution in [0.3, 0.4) is 0 Å². The number of rotatable bonds is 5. The Hall–Kier alpha value is -1.53. The van der Waals surface area contributed by atoms with Gasteiger partial charge in [-0.25, -0.2) is 4.98 Å². The molecule has 3 aromatic rings. The van der Waals surface area contributed by atoms with Crippen LogP contribution in [0.2, 0.25) is 10.0 Å². The van der Waals surface area contributed by atoms with Gasteiger partial charge in [-0.05, 0) is 70.0 Å². The second-order valence-corrected chi connectivity index (χ2v) is 8.32. The normalized spacial score (nSPS) is 11.8. The quantitative estimate of drug-likeness (QED) is 0.428. The maximum atomic E-state index is 12.9. The van der Waals surface area contributed by atoms with Crippen LogP contribution in [-0.4, -0.2) is 10.9 Å². The molecule has 3 nitrogen and oxygen atoms in total. The molecule has 0 bridgehead atoms. The van der Waals surface area contributed by atoms with Crippen LogP contribution >= 0.6 is 50.9 Å². The number of nitrogens with one attached hydrogen (secondary N) is 1. The van der Waals surface area contributed by atoms with E-state index in [2.05, 4.69) is 26.2 Å². The van der Waals surface area contributed by atoms with Crippen molar-refractivity contribution in [2.45, 2.75) is 10.1 Å². The van der Waals surface area contributed by atoms with E-state index >= 15 is 0 Å².